The van der Waals surface area contributed by atoms with Crippen molar-refractivity contribution in [2.24, 2.45) is 5.92 Å². The first-order chi connectivity index (χ1) is 12.7. The highest BCUT2D eigenvalue weighted by atomic mass is 32.2. The fraction of sp³-hybridized carbons (Fsp3) is 0.632. The number of ether oxygens (including phenoxy) is 1. The summed E-state index contributed by atoms with van der Waals surface area (Å²) in [5, 5.41) is 2.87. The molecule has 0 bridgehead atoms. The molecule has 0 spiro atoms. The van der Waals surface area contributed by atoms with Gasteiger partial charge in [-0.05, 0) is 30.4 Å². The molecule has 7 nitrogen and oxygen atoms in total. The van der Waals surface area contributed by atoms with Crippen LogP contribution in [-0.4, -0.2) is 63.3 Å². The Morgan fingerprint density at radius 1 is 1.33 bits per heavy atom. The van der Waals surface area contributed by atoms with Gasteiger partial charge in [-0.3, -0.25) is 4.79 Å². The van der Waals surface area contributed by atoms with E-state index in [9.17, 15) is 13.2 Å². The van der Waals surface area contributed by atoms with Crippen LogP contribution in [0, 0.1) is 5.92 Å². The zero-order valence-corrected chi connectivity index (χ0v) is 17.5. The third-order valence-electron chi connectivity index (χ3n) is 4.74. The van der Waals surface area contributed by atoms with Crippen LogP contribution in [0.3, 0.4) is 0 Å². The highest BCUT2D eigenvalue weighted by Gasteiger charge is 2.33. The average Bonchev–Trinajstić information content (AvgIpc) is 2.65. The number of rotatable bonds is 8. The monoisotopic (exact) mass is 397 g/mol. The maximum atomic E-state index is 12.4. The zero-order valence-electron chi connectivity index (χ0n) is 16.6. The fourth-order valence-corrected chi connectivity index (χ4v) is 4.36. The summed E-state index contributed by atoms with van der Waals surface area (Å²) in [6, 6.07) is 7.89. The molecule has 27 heavy (non-hydrogen) atoms. The predicted molar refractivity (Wildman–Crippen MR) is 106 cm³/mol. The lowest BCUT2D eigenvalue weighted by molar-refractivity contribution is -0.126. The van der Waals surface area contributed by atoms with E-state index < -0.39 is 10.2 Å². The lowest BCUT2D eigenvalue weighted by Gasteiger charge is -2.32. The summed E-state index contributed by atoms with van der Waals surface area (Å²) in [6.07, 6.45) is 1.38. The number of hydrogen-bond donors (Lipinski definition) is 1. The molecular weight excluding hydrogens is 366 g/mol. The Morgan fingerprint density at radius 2 is 2.04 bits per heavy atom. The smallest absolute Gasteiger partial charge is 0.281 e. The van der Waals surface area contributed by atoms with E-state index in [-0.39, 0.29) is 18.4 Å². The topological polar surface area (TPSA) is 79.0 Å². The van der Waals surface area contributed by atoms with Gasteiger partial charge >= 0.3 is 0 Å². The van der Waals surface area contributed by atoms with E-state index in [0.29, 0.717) is 38.5 Å². The molecule has 0 aromatic heterocycles. The van der Waals surface area contributed by atoms with Crippen LogP contribution < -0.4 is 10.1 Å². The number of carbonyl (C=O) groups excluding carboxylic acids is 1. The van der Waals surface area contributed by atoms with Gasteiger partial charge < -0.3 is 10.1 Å². The van der Waals surface area contributed by atoms with Crippen LogP contribution in [0.4, 0.5) is 0 Å². The molecule has 152 valence electrons. The van der Waals surface area contributed by atoms with Gasteiger partial charge in [0.05, 0.1) is 12.5 Å². The standard InChI is InChI=1S/C19H31N3O4S/c1-15(2)17-9-5-6-10-18(17)26-13-11-20-19(23)16-8-7-12-22(14-16)27(24,25)21(3)4/h5-6,9-10,15-16H,7-8,11-14H2,1-4H3,(H,20,23)/t16-/m1/s1. The van der Waals surface area contributed by atoms with Gasteiger partial charge in [-0.15, -0.1) is 0 Å². The Hall–Kier alpha value is -1.64. The summed E-state index contributed by atoms with van der Waals surface area (Å²) in [4.78, 5) is 12.4. The van der Waals surface area contributed by atoms with E-state index in [1.807, 2.05) is 24.3 Å². The lowest BCUT2D eigenvalue weighted by Crippen LogP contribution is -2.49. The molecule has 1 saturated heterocycles. The number of para-hydroxylation sites is 1. The summed E-state index contributed by atoms with van der Waals surface area (Å²) in [5.41, 5.74) is 1.14. The molecule has 1 aromatic rings. The van der Waals surface area contributed by atoms with E-state index >= 15 is 0 Å². The number of carbonyl (C=O) groups is 1. The quantitative estimate of drug-likeness (QED) is 0.679. The van der Waals surface area contributed by atoms with Gasteiger partial charge in [0.25, 0.3) is 10.2 Å². The molecule has 0 saturated carbocycles. The van der Waals surface area contributed by atoms with Gasteiger partial charge in [0.15, 0.2) is 0 Å². The largest absolute Gasteiger partial charge is 0.491 e. The zero-order chi connectivity index (χ0) is 20.0. The van der Waals surface area contributed by atoms with Crippen molar-refractivity contribution in [3.05, 3.63) is 29.8 Å². The summed E-state index contributed by atoms with van der Waals surface area (Å²) in [5.74, 6) is 0.760. The summed E-state index contributed by atoms with van der Waals surface area (Å²) >= 11 is 0. The Balaban J connectivity index is 1.82. The fourth-order valence-electron chi connectivity index (χ4n) is 3.17. The van der Waals surface area contributed by atoms with Crippen molar-refractivity contribution in [1.29, 1.82) is 0 Å². The summed E-state index contributed by atoms with van der Waals surface area (Å²) < 4.78 is 32.9. The molecule has 0 radical (unpaired) electrons. The second-order valence-electron chi connectivity index (χ2n) is 7.32. The maximum Gasteiger partial charge on any atom is 0.281 e. The summed E-state index contributed by atoms with van der Waals surface area (Å²) in [6.45, 7) is 5.67. The lowest BCUT2D eigenvalue weighted by atomic mass is 9.99. The molecule has 0 unspecified atom stereocenters. The first-order valence-electron chi connectivity index (χ1n) is 9.40. The highest BCUT2D eigenvalue weighted by Crippen LogP contribution is 2.25. The van der Waals surface area contributed by atoms with Crippen molar-refractivity contribution in [2.45, 2.75) is 32.6 Å². The Kier molecular flexibility index (Phi) is 7.64. The minimum atomic E-state index is -3.48. The first kappa shape index (κ1) is 21.7. The van der Waals surface area contributed by atoms with E-state index in [4.69, 9.17) is 4.74 Å². The SMILES string of the molecule is CC(C)c1ccccc1OCCNC(=O)[C@@H]1CCCN(S(=O)(=O)N(C)C)C1. The van der Waals surface area contributed by atoms with Gasteiger partial charge in [0.2, 0.25) is 5.91 Å². The van der Waals surface area contributed by atoms with E-state index in [1.54, 1.807) is 0 Å². The number of benzene rings is 1. The summed E-state index contributed by atoms with van der Waals surface area (Å²) in [7, 11) is -0.468. The average molecular weight is 398 g/mol. The molecule has 1 aromatic carbocycles. The molecule has 1 aliphatic heterocycles. The van der Waals surface area contributed by atoms with E-state index in [1.165, 1.54) is 22.7 Å². The third-order valence-corrected chi connectivity index (χ3v) is 6.65. The van der Waals surface area contributed by atoms with Gasteiger partial charge in [-0.25, -0.2) is 0 Å². The third kappa shape index (κ3) is 5.67. The van der Waals surface area contributed by atoms with Crippen LogP contribution in [0.2, 0.25) is 0 Å². The molecular formula is C19H31N3O4S. The Morgan fingerprint density at radius 3 is 2.70 bits per heavy atom. The first-order valence-corrected chi connectivity index (χ1v) is 10.8. The molecule has 1 amide bonds. The van der Waals surface area contributed by atoms with E-state index in [0.717, 1.165) is 11.3 Å². The predicted octanol–water partition coefficient (Wildman–Crippen LogP) is 1.82. The number of nitrogens with one attached hydrogen (secondary N) is 1. The second-order valence-corrected chi connectivity index (χ2v) is 9.46. The molecule has 8 heteroatoms. The Bertz CT molecular complexity index is 734. The van der Waals surface area contributed by atoms with Crippen LogP contribution in [0.1, 0.15) is 38.2 Å². The van der Waals surface area contributed by atoms with Gasteiger partial charge in [0.1, 0.15) is 12.4 Å². The maximum absolute atomic E-state index is 12.4. The molecule has 2 rings (SSSR count). The van der Waals surface area contributed by atoms with E-state index in [2.05, 4.69) is 19.2 Å². The number of nitrogens with zero attached hydrogens (tertiary/aromatic N) is 2. The van der Waals surface area contributed by atoms with Crippen molar-refractivity contribution in [3.8, 4) is 5.75 Å². The molecule has 1 heterocycles. The van der Waals surface area contributed by atoms with Crippen molar-refractivity contribution < 1.29 is 17.9 Å². The number of amides is 1. The van der Waals surface area contributed by atoms with Crippen molar-refractivity contribution in [1.82, 2.24) is 13.9 Å². The molecule has 0 aliphatic carbocycles. The van der Waals surface area contributed by atoms with Gasteiger partial charge in [-0.2, -0.15) is 17.0 Å². The van der Waals surface area contributed by atoms with Crippen molar-refractivity contribution in [3.63, 3.8) is 0 Å². The molecule has 1 atom stereocenters. The van der Waals surface area contributed by atoms with Crippen LogP contribution in [0.25, 0.3) is 0 Å². The second kappa shape index (κ2) is 9.52. The molecule has 1 N–H and O–H groups in total. The minimum Gasteiger partial charge on any atom is -0.491 e. The van der Waals surface area contributed by atoms with Gasteiger partial charge in [-0.1, -0.05) is 32.0 Å². The normalized spacial score (nSPS) is 18.7. The number of piperidine rings is 1. The highest BCUT2D eigenvalue weighted by molar-refractivity contribution is 7.86. The number of hydrogen-bond acceptors (Lipinski definition) is 4. The van der Waals surface area contributed by atoms with Crippen LogP contribution in [0.15, 0.2) is 24.3 Å². The van der Waals surface area contributed by atoms with Crippen LogP contribution >= 0.6 is 0 Å². The van der Waals surface area contributed by atoms with Crippen LogP contribution in [-0.2, 0) is 15.0 Å². The van der Waals surface area contributed by atoms with Crippen LogP contribution in [0.5, 0.6) is 5.75 Å². The van der Waals surface area contributed by atoms with Crippen molar-refractivity contribution in [2.75, 3.05) is 40.3 Å². The Labute approximate surface area is 162 Å². The van der Waals surface area contributed by atoms with Crippen molar-refractivity contribution >= 4 is 16.1 Å². The minimum absolute atomic E-state index is 0.116. The molecule has 1 fully saturated rings. The molecule has 1 aliphatic rings. The van der Waals surface area contributed by atoms with Gasteiger partial charge in [0, 0.05) is 27.2 Å².